The molecule has 2 heteroatoms. The van der Waals surface area contributed by atoms with Crippen LogP contribution in [0.4, 0.5) is 0 Å². The molecule has 0 spiro atoms. The van der Waals surface area contributed by atoms with E-state index in [0.29, 0.717) is 6.42 Å². The van der Waals surface area contributed by atoms with E-state index in [4.69, 9.17) is 16.4 Å². The van der Waals surface area contributed by atoms with E-state index >= 15 is 0 Å². The Morgan fingerprint density at radius 3 is 2.00 bits per heavy atom. The first-order valence-electron chi connectivity index (χ1n) is 3.73. The number of rotatable bonds is 3. The van der Waals surface area contributed by atoms with Gasteiger partial charge in [-0.1, -0.05) is 6.07 Å². The first-order chi connectivity index (χ1) is 5.83. The van der Waals surface area contributed by atoms with Gasteiger partial charge in [0.25, 0.3) is 0 Å². The van der Waals surface area contributed by atoms with E-state index in [1.54, 1.807) is 14.2 Å². The minimum absolute atomic E-state index is 0.424. The molecule has 0 saturated heterocycles. The van der Waals surface area contributed by atoms with Gasteiger partial charge in [0.15, 0.2) is 0 Å². The van der Waals surface area contributed by atoms with E-state index in [1.165, 1.54) is 0 Å². The van der Waals surface area contributed by atoms with E-state index in [9.17, 15) is 0 Å². The second kappa shape index (κ2) is 4.00. The number of hydrogen-bond donors (Lipinski definition) is 0. The lowest BCUT2D eigenvalue weighted by atomic mass is 10.1. The van der Waals surface area contributed by atoms with Crippen molar-refractivity contribution in [3.05, 3.63) is 30.7 Å². The van der Waals surface area contributed by atoms with Crippen LogP contribution in [0.5, 0.6) is 11.5 Å². The summed E-state index contributed by atoms with van der Waals surface area (Å²) in [5.41, 5.74) is 0.905. The number of methoxy groups -OCH3 is 2. The fraction of sp³-hybridized carbons (Fsp3) is 0.300. The molecule has 0 saturated carbocycles. The summed E-state index contributed by atoms with van der Waals surface area (Å²) in [6.45, 7) is 5.54. The molecule has 64 valence electrons. The number of hydrogen-bond acceptors (Lipinski definition) is 2. The highest BCUT2D eigenvalue weighted by atomic mass is 16.5. The Labute approximate surface area is 73.1 Å². The molecule has 0 aliphatic carbocycles. The van der Waals surface area contributed by atoms with Gasteiger partial charge in [0.1, 0.15) is 11.5 Å². The van der Waals surface area contributed by atoms with Gasteiger partial charge in [0.2, 0.25) is 0 Å². The maximum Gasteiger partial charge on any atom is 0.125 e. The van der Waals surface area contributed by atoms with Gasteiger partial charge in [-0.2, -0.15) is 0 Å². The molecule has 2 nitrogen and oxygen atoms in total. The van der Waals surface area contributed by atoms with Gasteiger partial charge in [-0.05, 0) is 25.5 Å². The molecule has 0 bridgehead atoms. The Bertz CT molecular complexity index is 234. The van der Waals surface area contributed by atoms with Crippen LogP contribution in [0.15, 0.2) is 18.2 Å². The van der Waals surface area contributed by atoms with Crippen molar-refractivity contribution in [2.24, 2.45) is 0 Å². The second-order valence-corrected chi connectivity index (χ2v) is 2.35. The van der Waals surface area contributed by atoms with Crippen molar-refractivity contribution in [2.45, 2.75) is 6.42 Å². The topological polar surface area (TPSA) is 18.5 Å². The highest BCUT2D eigenvalue weighted by Crippen LogP contribution is 2.27. The van der Waals surface area contributed by atoms with Crippen molar-refractivity contribution in [2.75, 3.05) is 14.2 Å². The molecular formula is C10H12O2. The quantitative estimate of drug-likeness (QED) is 0.679. The lowest BCUT2D eigenvalue weighted by Gasteiger charge is -2.10. The van der Waals surface area contributed by atoms with Crippen molar-refractivity contribution >= 4 is 0 Å². The minimum atomic E-state index is 0.424. The fourth-order valence-electron chi connectivity index (χ4n) is 1.13. The SMILES string of the molecule is [CH]Cc1c(OC)cccc1OC. The molecule has 2 radical (unpaired) electrons. The summed E-state index contributed by atoms with van der Waals surface area (Å²) < 4.78 is 10.2. The predicted molar refractivity (Wildman–Crippen MR) is 47.6 cm³/mol. The third-order valence-electron chi connectivity index (χ3n) is 1.73. The lowest BCUT2D eigenvalue weighted by molar-refractivity contribution is 0.387. The van der Waals surface area contributed by atoms with Crippen LogP contribution in [-0.2, 0) is 6.42 Å². The third kappa shape index (κ3) is 1.52. The van der Waals surface area contributed by atoms with Crippen LogP contribution >= 0.6 is 0 Å². The standard InChI is InChI=1S/C10H12O2/c1-4-8-9(11-2)6-5-7-10(8)12-3/h1,5-7H,4H2,2-3H3. The highest BCUT2D eigenvalue weighted by molar-refractivity contribution is 5.45. The Balaban J connectivity index is 3.13. The van der Waals surface area contributed by atoms with Crippen molar-refractivity contribution in [3.8, 4) is 11.5 Å². The average molecular weight is 164 g/mol. The van der Waals surface area contributed by atoms with Crippen LogP contribution in [0.1, 0.15) is 5.56 Å². The molecule has 0 unspecified atom stereocenters. The average Bonchev–Trinajstić information content (AvgIpc) is 2.16. The molecule has 0 fully saturated rings. The predicted octanol–water partition coefficient (Wildman–Crippen LogP) is 1.96. The lowest BCUT2D eigenvalue weighted by Crippen LogP contribution is -1.94. The molecular weight excluding hydrogens is 152 g/mol. The largest absolute Gasteiger partial charge is 0.496 e. The van der Waals surface area contributed by atoms with Crippen LogP contribution in [-0.4, -0.2) is 14.2 Å². The van der Waals surface area contributed by atoms with Crippen molar-refractivity contribution < 1.29 is 9.47 Å². The van der Waals surface area contributed by atoms with Gasteiger partial charge in [0.05, 0.1) is 14.2 Å². The normalized spacial score (nSPS) is 9.58. The Morgan fingerprint density at radius 2 is 1.67 bits per heavy atom. The van der Waals surface area contributed by atoms with E-state index in [-0.39, 0.29) is 0 Å². The van der Waals surface area contributed by atoms with Crippen LogP contribution < -0.4 is 9.47 Å². The number of benzene rings is 1. The zero-order chi connectivity index (χ0) is 8.97. The van der Waals surface area contributed by atoms with Gasteiger partial charge in [-0.25, -0.2) is 0 Å². The summed E-state index contributed by atoms with van der Waals surface area (Å²) in [5, 5.41) is 0. The van der Waals surface area contributed by atoms with E-state index < -0.39 is 0 Å². The van der Waals surface area contributed by atoms with Gasteiger partial charge in [0, 0.05) is 5.56 Å². The molecule has 0 N–H and O–H groups in total. The summed E-state index contributed by atoms with van der Waals surface area (Å²) in [5.74, 6) is 1.55. The maximum atomic E-state index is 5.54. The van der Waals surface area contributed by atoms with E-state index in [1.807, 2.05) is 18.2 Å². The molecule has 0 amide bonds. The summed E-state index contributed by atoms with van der Waals surface area (Å²) in [6, 6.07) is 5.60. The van der Waals surface area contributed by atoms with Crippen molar-refractivity contribution in [3.63, 3.8) is 0 Å². The van der Waals surface area contributed by atoms with Crippen LogP contribution in [0.2, 0.25) is 0 Å². The second-order valence-electron chi connectivity index (χ2n) is 2.35. The summed E-state index contributed by atoms with van der Waals surface area (Å²) in [4.78, 5) is 0. The zero-order valence-corrected chi connectivity index (χ0v) is 7.33. The summed E-state index contributed by atoms with van der Waals surface area (Å²) in [6.07, 6.45) is 0.424. The third-order valence-corrected chi connectivity index (χ3v) is 1.73. The van der Waals surface area contributed by atoms with Crippen molar-refractivity contribution in [1.82, 2.24) is 0 Å². The Morgan fingerprint density at radius 1 is 1.17 bits per heavy atom. The first-order valence-corrected chi connectivity index (χ1v) is 3.73. The van der Waals surface area contributed by atoms with Crippen LogP contribution in [0.3, 0.4) is 0 Å². The minimum Gasteiger partial charge on any atom is -0.496 e. The van der Waals surface area contributed by atoms with Gasteiger partial charge in [-0.15, -0.1) is 0 Å². The van der Waals surface area contributed by atoms with Crippen LogP contribution in [0.25, 0.3) is 0 Å². The van der Waals surface area contributed by atoms with Gasteiger partial charge in [-0.3, -0.25) is 0 Å². The molecule has 0 aliphatic rings. The summed E-state index contributed by atoms with van der Waals surface area (Å²) in [7, 11) is 3.24. The zero-order valence-electron chi connectivity index (χ0n) is 7.33. The monoisotopic (exact) mass is 164 g/mol. The molecule has 0 aromatic heterocycles. The fourth-order valence-corrected chi connectivity index (χ4v) is 1.13. The molecule has 0 atom stereocenters. The van der Waals surface area contributed by atoms with E-state index in [0.717, 1.165) is 17.1 Å². The smallest absolute Gasteiger partial charge is 0.125 e. The molecule has 1 rings (SSSR count). The Hall–Kier alpha value is -1.18. The van der Waals surface area contributed by atoms with Gasteiger partial charge < -0.3 is 9.47 Å². The van der Waals surface area contributed by atoms with Crippen molar-refractivity contribution in [1.29, 1.82) is 0 Å². The molecule has 12 heavy (non-hydrogen) atoms. The van der Waals surface area contributed by atoms with E-state index in [2.05, 4.69) is 0 Å². The molecule has 0 heterocycles. The van der Waals surface area contributed by atoms with Crippen LogP contribution in [0, 0.1) is 6.92 Å². The molecule has 0 aliphatic heterocycles. The summed E-state index contributed by atoms with van der Waals surface area (Å²) >= 11 is 0. The maximum absolute atomic E-state index is 5.54. The molecule has 1 aromatic carbocycles. The highest BCUT2D eigenvalue weighted by Gasteiger charge is 2.05. The van der Waals surface area contributed by atoms with Gasteiger partial charge >= 0.3 is 0 Å². The first kappa shape index (κ1) is 8.91. The molecule has 1 aromatic rings. The number of ether oxygens (including phenoxy) is 2. The Kier molecular flexibility index (Phi) is 2.97.